The fourth-order valence-electron chi connectivity index (χ4n) is 1.73. The molecule has 1 rings (SSSR count). The summed E-state index contributed by atoms with van der Waals surface area (Å²) in [6.45, 7) is 2.90. The van der Waals surface area contributed by atoms with Gasteiger partial charge in [-0.25, -0.2) is 4.79 Å². The van der Waals surface area contributed by atoms with E-state index in [9.17, 15) is 61.9 Å². The smallest absolute Gasteiger partial charge is 0.391 e. The molecule has 2 nitrogen and oxygen atoms in total. The maximum atomic E-state index is 14.1. The van der Waals surface area contributed by atoms with E-state index in [1.54, 1.807) is 0 Å². The van der Waals surface area contributed by atoms with Gasteiger partial charge in [-0.05, 0) is 6.92 Å². The van der Waals surface area contributed by atoms with E-state index >= 15 is 0 Å². The number of alkyl halides is 13. The Morgan fingerprint density at radius 1 is 0.615 bits per heavy atom. The van der Waals surface area contributed by atoms with Crippen LogP contribution in [0.2, 0.25) is 0 Å². The average Bonchev–Trinajstić information content (AvgIpc) is 2.44. The minimum atomic E-state index is -7.89. The molecule has 0 saturated heterocycles. The Morgan fingerprint density at radius 2 is 0.846 bits per heavy atom. The van der Waals surface area contributed by atoms with Crippen LogP contribution in [0, 0.1) is 0 Å². The summed E-state index contributed by atoms with van der Waals surface area (Å²) < 4.78 is 176. The van der Waals surface area contributed by atoms with Gasteiger partial charge in [0.2, 0.25) is 0 Å². The van der Waals surface area contributed by atoms with Crippen molar-refractivity contribution in [2.24, 2.45) is 0 Å². The summed E-state index contributed by atoms with van der Waals surface area (Å²) in [5, 5.41) is 0. The number of carbonyl (C=O) groups is 1. The van der Waals surface area contributed by atoms with Gasteiger partial charge in [0.1, 0.15) is 0 Å². The highest BCUT2D eigenvalue weighted by Gasteiger charge is 3.03. The molecular formula is C11H5F13O2. The summed E-state index contributed by atoms with van der Waals surface area (Å²) in [4.78, 5) is 11.0. The predicted octanol–water partition coefficient (Wildman–Crippen LogP) is 4.60. The number of carbonyl (C=O) groups excluding carboxylic acids is 1. The molecule has 0 amide bonds. The van der Waals surface area contributed by atoms with E-state index in [0.29, 0.717) is 6.92 Å². The summed E-state index contributed by atoms with van der Waals surface area (Å²) in [5.74, 6) is -57.0. The number of hydrogen-bond acceptors (Lipinski definition) is 2. The van der Waals surface area contributed by atoms with Gasteiger partial charge in [0.25, 0.3) is 0 Å². The molecule has 0 aliphatic heterocycles. The van der Waals surface area contributed by atoms with E-state index in [-0.39, 0.29) is 0 Å². The van der Waals surface area contributed by atoms with Gasteiger partial charge in [-0.1, -0.05) is 6.58 Å². The van der Waals surface area contributed by atoms with E-state index in [0.717, 1.165) is 0 Å². The number of ether oxygens (including phenoxy) is 1. The standard InChI is InChI=1S/C11H5F13O2/c1-3(2)4(25)26-11(24)9(20,21)7(16,17)5(12,13)6(14,15)8(18,19)10(11,22)23/h1H2,2H3. The molecule has 0 spiro atoms. The predicted molar refractivity (Wildman–Crippen MR) is 54.4 cm³/mol. The summed E-state index contributed by atoms with van der Waals surface area (Å²) in [6, 6.07) is 0. The lowest BCUT2D eigenvalue weighted by Gasteiger charge is -2.39. The third kappa shape index (κ3) is 2.05. The minimum Gasteiger partial charge on any atom is -0.413 e. The highest BCUT2D eigenvalue weighted by Crippen LogP contribution is 2.69. The van der Waals surface area contributed by atoms with Crippen molar-refractivity contribution >= 4 is 5.97 Å². The van der Waals surface area contributed by atoms with Crippen molar-refractivity contribution in [1.29, 1.82) is 0 Å². The second-order valence-electron chi connectivity index (χ2n) is 5.21. The maximum absolute atomic E-state index is 14.1. The van der Waals surface area contributed by atoms with Gasteiger partial charge in [-0.2, -0.15) is 57.1 Å². The maximum Gasteiger partial charge on any atom is 0.391 e. The fraction of sp³-hybridized carbons (Fsp3) is 0.727. The lowest BCUT2D eigenvalue weighted by Crippen LogP contribution is -2.70. The van der Waals surface area contributed by atoms with Crippen molar-refractivity contribution < 1.29 is 66.6 Å². The Kier molecular flexibility index (Phi) is 4.45. The number of rotatable bonds is 2. The Balaban J connectivity index is 4.02. The van der Waals surface area contributed by atoms with E-state index in [1.165, 1.54) is 0 Å². The molecule has 15 heteroatoms. The molecule has 0 aromatic heterocycles. The Labute approximate surface area is 134 Å². The second-order valence-corrected chi connectivity index (χ2v) is 5.21. The molecule has 0 atom stereocenters. The van der Waals surface area contributed by atoms with Gasteiger partial charge >= 0.3 is 47.4 Å². The average molecular weight is 416 g/mol. The molecule has 0 aromatic rings. The first-order valence-electron chi connectivity index (χ1n) is 5.92. The van der Waals surface area contributed by atoms with Gasteiger partial charge in [0.15, 0.2) is 0 Å². The summed E-state index contributed by atoms with van der Waals surface area (Å²) in [6.07, 6.45) is 0. The van der Waals surface area contributed by atoms with E-state index in [4.69, 9.17) is 0 Å². The summed E-state index contributed by atoms with van der Waals surface area (Å²) in [7, 11) is 0. The molecule has 1 aliphatic carbocycles. The SMILES string of the molecule is C=C(C)C(=O)OC1(F)C(F)(F)C(F)(F)C(F)(F)C(F)(F)C(F)(F)C1(F)F. The molecule has 1 saturated carbocycles. The van der Waals surface area contributed by atoms with Crippen LogP contribution >= 0.6 is 0 Å². The molecule has 0 bridgehead atoms. The zero-order valence-electron chi connectivity index (χ0n) is 11.9. The van der Waals surface area contributed by atoms with Crippen LogP contribution in [-0.4, -0.2) is 47.4 Å². The second kappa shape index (κ2) is 5.18. The van der Waals surface area contributed by atoms with Crippen LogP contribution in [0.25, 0.3) is 0 Å². The van der Waals surface area contributed by atoms with Crippen LogP contribution in [0.1, 0.15) is 6.92 Å². The zero-order valence-corrected chi connectivity index (χ0v) is 11.9. The molecule has 0 heterocycles. The third-order valence-electron chi connectivity index (χ3n) is 3.36. The highest BCUT2D eigenvalue weighted by atomic mass is 19.4. The number of halogens is 13. The van der Waals surface area contributed by atoms with Crippen LogP contribution in [0.3, 0.4) is 0 Å². The van der Waals surface area contributed by atoms with Crippen molar-refractivity contribution in [3.8, 4) is 0 Å². The topological polar surface area (TPSA) is 26.3 Å². The molecule has 0 aromatic carbocycles. The molecule has 0 N–H and O–H groups in total. The van der Waals surface area contributed by atoms with Crippen molar-refractivity contribution in [2.75, 3.05) is 0 Å². The van der Waals surface area contributed by atoms with Crippen LogP contribution in [0.4, 0.5) is 57.1 Å². The van der Waals surface area contributed by atoms with Gasteiger partial charge in [0, 0.05) is 5.57 Å². The normalized spacial score (nSPS) is 29.3. The molecule has 26 heavy (non-hydrogen) atoms. The first-order chi connectivity index (χ1) is 11.1. The van der Waals surface area contributed by atoms with Crippen molar-refractivity contribution in [1.82, 2.24) is 0 Å². The first-order valence-corrected chi connectivity index (χ1v) is 5.92. The molecular weight excluding hydrogens is 411 g/mol. The Hall–Kier alpha value is -1.70. The first kappa shape index (κ1) is 22.3. The van der Waals surface area contributed by atoms with Gasteiger partial charge in [-0.15, -0.1) is 0 Å². The minimum absolute atomic E-state index is 0.401. The van der Waals surface area contributed by atoms with Crippen LogP contribution < -0.4 is 0 Å². The number of esters is 1. The van der Waals surface area contributed by atoms with Gasteiger partial charge < -0.3 is 4.74 Å². The zero-order chi connectivity index (χ0) is 21.4. The third-order valence-corrected chi connectivity index (χ3v) is 3.36. The van der Waals surface area contributed by atoms with E-state index in [1.807, 2.05) is 0 Å². The van der Waals surface area contributed by atoms with Crippen molar-refractivity contribution in [2.45, 2.75) is 48.3 Å². The summed E-state index contributed by atoms with van der Waals surface area (Å²) >= 11 is 0. The Bertz CT molecular complexity index is 598. The van der Waals surface area contributed by atoms with E-state index in [2.05, 4.69) is 11.3 Å². The molecule has 152 valence electrons. The van der Waals surface area contributed by atoms with Crippen molar-refractivity contribution in [3.05, 3.63) is 12.2 Å². The van der Waals surface area contributed by atoms with Crippen LogP contribution in [-0.2, 0) is 9.53 Å². The molecule has 1 fully saturated rings. The highest BCUT2D eigenvalue weighted by molar-refractivity contribution is 5.87. The summed E-state index contributed by atoms with van der Waals surface area (Å²) in [5.41, 5.74) is -1.32. The van der Waals surface area contributed by atoms with Crippen LogP contribution in [0.5, 0.6) is 0 Å². The molecule has 0 unspecified atom stereocenters. The monoisotopic (exact) mass is 416 g/mol. The number of hydrogen-bond donors (Lipinski definition) is 0. The fourth-order valence-corrected chi connectivity index (χ4v) is 1.73. The lowest BCUT2D eigenvalue weighted by atomic mass is 9.96. The molecule has 0 radical (unpaired) electrons. The van der Waals surface area contributed by atoms with Crippen molar-refractivity contribution in [3.63, 3.8) is 0 Å². The van der Waals surface area contributed by atoms with Gasteiger partial charge in [-0.3, -0.25) is 0 Å². The quantitative estimate of drug-likeness (QED) is 0.285. The Morgan fingerprint density at radius 3 is 1.08 bits per heavy atom. The largest absolute Gasteiger partial charge is 0.413 e. The molecule has 1 aliphatic rings. The van der Waals surface area contributed by atoms with Gasteiger partial charge in [0.05, 0.1) is 0 Å². The van der Waals surface area contributed by atoms with Crippen LogP contribution in [0.15, 0.2) is 12.2 Å². The van der Waals surface area contributed by atoms with E-state index < -0.39 is 52.9 Å². The lowest BCUT2D eigenvalue weighted by molar-refractivity contribution is -0.420.